The number of hydrogen-bond acceptors (Lipinski definition) is 3. The van der Waals surface area contributed by atoms with Gasteiger partial charge in [-0.3, -0.25) is 4.79 Å². The number of aromatic nitrogens is 3. The summed E-state index contributed by atoms with van der Waals surface area (Å²) in [4.78, 5) is 16.0. The summed E-state index contributed by atoms with van der Waals surface area (Å²) >= 11 is 0. The zero-order valence-corrected chi connectivity index (χ0v) is 15.7. The SMILES string of the molecule is CC(=O)Cc1ncn(C(c2ccccc2)(c2ccccc2)c2ccccc2)n1. The average molecular weight is 367 g/mol. The maximum atomic E-state index is 11.6. The van der Waals surface area contributed by atoms with Gasteiger partial charge < -0.3 is 0 Å². The first-order valence-corrected chi connectivity index (χ1v) is 9.28. The summed E-state index contributed by atoms with van der Waals surface area (Å²) in [6, 6.07) is 30.8. The van der Waals surface area contributed by atoms with Crippen LogP contribution in [-0.2, 0) is 16.8 Å². The molecule has 0 saturated carbocycles. The summed E-state index contributed by atoms with van der Waals surface area (Å²) in [6.07, 6.45) is 1.95. The van der Waals surface area contributed by atoms with Crippen LogP contribution in [0.3, 0.4) is 0 Å². The predicted molar refractivity (Wildman–Crippen MR) is 109 cm³/mol. The van der Waals surface area contributed by atoms with E-state index in [-0.39, 0.29) is 12.2 Å². The Kier molecular flexibility index (Phi) is 4.85. The molecule has 4 nitrogen and oxygen atoms in total. The van der Waals surface area contributed by atoms with Crippen LogP contribution >= 0.6 is 0 Å². The fourth-order valence-electron chi connectivity index (χ4n) is 3.70. The second-order valence-corrected chi connectivity index (χ2v) is 6.79. The predicted octanol–water partition coefficient (Wildman–Crippen LogP) is 4.25. The monoisotopic (exact) mass is 367 g/mol. The molecule has 0 aliphatic carbocycles. The van der Waals surface area contributed by atoms with Crippen molar-refractivity contribution in [3.63, 3.8) is 0 Å². The van der Waals surface area contributed by atoms with Crippen molar-refractivity contribution in [3.05, 3.63) is 120 Å². The van der Waals surface area contributed by atoms with Crippen LogP contribution in [0.4, 0.5) is 0 Å². The van der Waals surface area contributed by atoms with E-state index in [0.717, 1.165) is 16.7 Å². The van der Waals surface area contributed by atoms with E-state index in [1.165, 1.54) is 0 Å². The van der Waals surface area contributed by atoms with Gasteiger partial charge in [-0.1, -0.05) is 91.0 Å². The van der Waals surface area contributed by atoms with Crippen LogP contribution < -0.4 is 0 Å². The highest BCUT2D eigenvalue weighted by Crippen LogP contribution is 2.39. The van der Waals surface area contributed by atoms with Crippen molar-refractivity contribution in [2.75, 3.05) is 0 Å². The van der Waals surface area contributed by atoms with Gasteiger partial charge in [-0.25, -0.2) is 9.67 Å². The Hall–Kier alpha value is -3.53. The van der Waals surface area contributed by atoms with Gasteiger partial charge in [0.25, 0.3) is 0 Å². The van der Waals surface area contributed by atoms with Crippen molar-refractivity contribution < 1.29 is 4.79 Å². The molecule has 0 amide bonds. The molecule has 1 aromatic heterocycles. The fourth-order valence-corrected chi connectivity index (χ4v) is 3.70. The van der Waals surface area contributed by atoms with Gasteiger partial charge in [-0.05, 0) is 23.6 Å². The van der Waals surface area contributed by atoms with E-state index in [1.807, 2.05) is 59.3 Å². The zero-order valence-electron chi connectivity index (χ0n) is 15.7. The van der Waals surface area contributed by atoms with Crippen molar-refractivity contribution in [1.29, 1.82) is 0 Å². The molecule has 1 heterocycles. The van der Waals surface area contributed by atoms with Gasteiger partial charge in [-0.2, -0.15) is 5.10 Å². The van der Waals surface area contributed by atoms with Crippen LogP contribution in [0.25, 0.3) is 0 Å². The molecule has 0 N–H and O–H groups in total. The highest BCUT2D eigenvalue weighted by Gasteiger charge is 2.39. The van der Waals surface area contributed by atoms with E-state index in [1.54, 1.807) is 13.3 Å². The Morgan fingerprint density at radius 3 is 1.61 bits per heavy atom. The van der Waals surface area contributed by atoms with Gasteiger partial charge in [-0.15, -0.1) is 0 Å². The molecule has 0 bridgehead atoms. The quantitative estimate of drug-likeness (QED) is 0.479. The number of carbonyl (C=O) groups is 1. The average Bonchev–Trinajstić information content (AvgIpc) is 3.19. The fraction of sp³-hybridized carbons (Fsp3) is 0.125. The Bertz CT molecular complexity index is 960. The van der Waals surface area contributed by atoms with Crippen LogP contribution in [-0.4, -0.2) is 20.5 Å². The van der Waals surface area contributed by atoms with Crippen molar-refractivity contribution in [1.82, 2.24) is 14.8 Å². The first-order valence-electron chi connectivity index (χ1n) is 9.28. The highest BCUT2D eigenvalue weighted by molar-refractivity contribution is 5.77. The minimum absolute atomic E-state index is 0.0440. The number of ketones is 1. The maximum absolute atomic E-state index is 11.6. The molecular formula is C24H21N3O. The van der Waals surface area contributed by atoms with Crippen molar-refractivity contribution in [2.24, 2.45) is 0 Å². The summed E-state index contributed by atoms with van der Waals surface area (Å²) < 4.78 is 1.88. The topological polar surface area (TPSA) is 47.8 Å². The van der Waals surface area contributed by atoms with Crippen molar-refractivity contribution in [2.45, 2.75) is 18.9 Å². The smallest absolute Gasteiger partial charge is 0.158 e. The molecule has 4 heteroatoms. The maximum Gasteiger partial charge on any atom is 0.158 e. The summed E-state index contributed by atoms with van der Waals surface area (Å²) in [6.45, 7) is 1.56. The Morgan fingerprint density at radius 1 is 0.786 bits per heavy atom. The minimum Gasteiger partial charge on any atom is -0.300 e. The molecule has 0 saturated heterocycles. The molecule has 4 rings (SSSR count). The minimum atomic E-state index is -0.689. The molecule has 28 heavy (non-hydrogen) atoms. The Balaban J connectivity index is 2.04. The van der Waals surface area contributed by atoms with Crippen LogP contribution in [0.5, 0.6) is 0 Å². The summed E-state index contributed by atoms with van der Waals surface area (Å²) in [7, 11) is 0. The van der Waals surface area contributed by atoms with Gasteiger partial charge in [0, 0.05) is 0 Å². The lowest BCUT2D eigenvalue weighted by molar-refractivity contribution is -0.116. The van der Waals surface area contributed by atoms with Gasteiger partial charge in [0.1, 0.15) is 17.6 Å². The van der Waals surface area contributed by atoms with E-state index in [0.29, 0.717) is 5.82 Å². The van der Waals surface area contributed by atoms with Gasteiger partial charge >= 0.3 is 0 Å². The number of benzene rings is 3. The molecule has 0 fully saturated rings. The van der Waals surface area contributed by atoms with E-state index in [4.69, 9.17) is 5.10 Å². The number of nitrogens with zero attached hydrogens (tertiary/aromatic N) is 3. The van der Waals surface area contributed by atoms with E-state index < -0.39 is 5.54 Å². The van der Waals surface area contributed by atoms with Crippen LogP contribution in [0.2, 0.25) is 0 Å². The summed E-state index contributed by atoms with van der Waals surface area (Å²) in [5.74, 6) is 0.571. The number of Topliss-reactive ketones (excluding diaryl/α,β-unsaturated/α-hetero) is 1. The first-order chi connectivity index (χ1) is 13.7. The molecule has 0 spiro atoms. The lowest BCUT2D eigenvalue weighted by Gasteiger charge is -2.35. The van der Waals surface area contributed by atoms with Gasteiger partial charge in [0.05, 0.1) is 6.42 Å². The molecule has 3 aromatic carbocycles. The van der Waals surface area contributed by atoms with E-state index in [9.17, 15) is 4.79 Å². The number of hydrogen-bond donors (Lipinski definition) is 0. The molecule has 138 valence electrons. The standard InChI is InChI=1S/C24H21N3O/c1-19(28)17-23-25-18-27(26-23)24(20-11-5-2-6-12-20,21-13-7-3-8-14-21)22-15-9-4-10-16-22/h2-16,18H,17H2,1H3. The molecule has 0 aliphatic rings. The lowest BCUT2D eigenvalue weighted by Crippen LogP contribution is -2.38. The van der Waals surface area contributed by atoms with Gasteiger partial charge in [0.15, 0.2) is 5.82 Å². The van der Waals surface area contributed by atoms with Crippen molar-refractivity contribution >= 4 is 5.78 Å². The molecule has 0 radical (unpaired) electrons. The molecule has 4 aromatic rings. The third-order valence-electron chi connectivity index (χ3n) is 4.86. The molecule has 0 aliphatic heterocycles. The van der Waals surface area contributed by atoms with Gasteiger partial charge in [0.2, 0.25) is 0 Å². The van der Waals surface area contributed by atoms with Crippen LogP contribution in [0.1, 0.15) is 29.4 Å². The normalized spacial score (nSPS) is 11.3. The summed E-state index contributed by atoms with van der Waals surface area (Å²) in [5, 5.41) is 4.74. The third kappa shape index (κ3) is 3.14. The van der Waals surface area contributed by atoms with Crippen LogP contribution in [0, 0.1) is 0 Å². The van der Waals surface area contributed by atoms with E-state index in [2.05, 4.69) is 41.4 Å². The van der Waals surface area contributed by atoms with E-state index >= 15 is 0 Å². The third-order valence-corrected chi connectivity index (χ3v) is 4.86. The Morgan fingerprint density at radius 2 is 1.21 bits per heavy atom. The molecular weight excluding hydrogens is 346 g/mol. The second kappa shape index (κ2) is 7.61. The zero-order chi connectivity index (χ0) is 19.4. The molecule has 0 atom stereocenters. The molecule has 0 unspecified atom stereocenters. The first kappa shape index (κ1) is 17.9. The lowest BCUT2D eigenvalue weighted by atomic mass is 9.77. The van der Waals surface area contributed by atoms with Crippen LogP contribution in [0.15, 0.2) is 97.3 Å². The highest BCUT2D eigenvalue weighted by atomic mass is 16.1. The Labute approximate surface area is 164 Å². The summed E-state index contributed by atoms with van der Waals surface area (Å²) in [5.41, 5.74) is 2.54. The van der Waals surface area contributed by atoms with Crippen molar-refractivity contribution in [3.8, 4) is 0 Å². The second-order valence-electron chi connectivity index (χ2n) is 6.79. The number of carbonyl (C=O) groups excluding carboxylic acids is 1. The number of rotatable bonds is 6. The largest absolute Gasteiger partial charge is 0.300 e.